The summed E-state index contributed by atoms with van der Waals surface area (Å²) < 4.78 is 31.9. The van der Waals surface area contributed by atoms with Crippen molar-refractivity contribution in [1.29, 1.82) is 0 Å². The van der Waals surface area contributed by atoms with Gasteiger partial charge in [-0.05, 0) is 37.1 Å². The van der Waals surface area contributed by atoms with Crippen molar-refractivity contribution in [1.82, 2.24) is 4.72 Å². The normalized spacial score (nSPS) is 13.5. The van der Waals surface area contributed by atoms with Crippen molar-refractivity contribution in [2.24, 2.45) is 0 Å². The molecule has 1 aromatic rings. The summed E-state index contributed by atoms with van der Waals surface area (Å²) in [5, 5.41) is 9.12. The Hall–Kier alpha value is -1.15. The summed E-state index contributed by atoms with van der Waals surface area (Å²) in [5.41, 5.74) is 7.33. The lowest BCUT2D eigenvalue weighted by Gasteiger charge is -2.18. The Morgan fingerprint density at radius 3 is 2.32 bits per heavy atom. The average molecular weight is 288 g/mol. The van der Waals surface area contributed by atoms with Gasteiger partial charge in [0.1, 0.15) is 0 Å². The Balaban J connectivity index is 3.14. The molecule has 6 nitrogen and oxygen atoms in total. The van der Waals surface area contributed by atoms with E-state index in [2.05, 4.69) is 4.72 Å². The van der Waals surface area contributed by atoms with Crippen molar-refractivity contribution in [3.8, 4) is 0 Å². The van der Waals surface area contributed by atoms with Crippen LogP contribution in [0.2, 0.25) is 0 Å². The molecule has 1 rings (SSSR count). The summed E-state index contributed by atoms with van der Waals surface area (Å²) >= 11 is 0. The van der Waals surface area contributed by atoms with Gasteiger partial charge in [-0.15, -0.1) is 0 Å². The van der Waals surface area contributed by atoms with Crippen LogP contribution in [-0.4, -0.2) is 39.9 Å². The summed E-state index contributed by atoms with van der Waals surface area (Å²) in [6.07, 6.45) is 0. The molecule has 0 fully saturated rings. The first-order chi connectivity index (χ1) is 8.81. The SMILES string of the molecule is COCC(CO)NS(=O)(=O)c1c(C)cc(N)cc1C. The van der Waals surface area contributed by atoms with Gasteiger partial charge in [-0.3, -0.25) is 0 Å². The molecule has 0 radical (unpaired) electrons. The summed E-state index contributed by atoms with van der Waals surface area (Å²) in [6, 6.07) is 2.53. The van der Waals surface area contributed by atoms with Crippen molar-refractivity contribution in [3.63, 3.8) is 0 Å². The zero-order valence-electron chi connectivity index (χ0n) is 11.3. The number of hydrogen-bond donors (Lipinski definition) is 3. The maximum atomic E-state index is 12.3. The molecule has 1 aromatic carbocycles. The number of anilines is 1. The van der Waals surface area contributed by atoms with Crippen molar-refractivity contribution < 1.29 is 18.3 Å². The quantitative estimate of drug-likeness (QED) is 0.648. The molecule has 19 heavy (non-hydrogen) atoms. The van der Waals surface area contributed by atoms with E-state index in [4.69, 9.17) is 15.6 Å². The van der Waals surface area contributed by atoms with E-state index in [1.54, 1.807) is 26.0 Å². The Kier molecular flexibility index (Phi) is 5.30. The molecule has 1 unspecified atom stereocenters. The van der Waals surface area contributed by atoms with E-state index in [1.165, 1.54) is 7.11 Å². The molecule has 0 aromatic heterocycles. The van der Waals surface area contributed by atoms with Crippen molar-refractivity contribution in [2.75, 3.05) is 26.1 Å². The summed E-state index contributed by atoms with van der Waals surface area (Å²) in [4.78, 5) is 0.191. The Morgan fingerprint density at radius 1 is 1.37 bits per heavy atom. The minimum Gasteiger partial charge on any atom is -0.399 e. The van der Waals surface area contributed by atoms with Crippen LogP contribution in [0.4, 0.5) is 5.69 Å². The first kappa shape index (κ1) is 15.9. The second-order valence-corrected chi connectivity index (χ2v) is 6.09. The van der Waals surface area contributed by atoms with Gasteiger partial charge < -0.3 is 15.6 Å². The van der Waals surface area contributed by atoms with E-state index < -0.39 is 16.1 Å². The number of sulfonamides is 1. The van der Waals surface area contributed by atoms with Crippen LogP contribution in [0.1, 0.15) is 11.1 Å². The van der Waals surface area contributed by atoms with Crippen LogP contribution in [-0.2, 0) is 14.8 Å². The van der Waals surface area contributed by atoms with Crippen LogP contribution >= 0.6 is 0 Å². The van der Waals surface area contributed by atoms with Crippen LogP contribution in [0, 0.1) is 13.8 Å². The lowest BCUT2D eigenvalue weighted by Crippen LogP contribution is -2.41. The average Bonchev–Trinajstić information content (AvgIpc) is 2.25. The predicted octanol–water partition coefficient (Wildman–Crippen LogP) is 0.171. The topological polar surface area (TPSA) is 102 Å². The first-order valence-corrected chi connectivity index (χ1v) is 7.29. The van der Waals surface area contributed by atoms with Crippen LogP contribution < -0.4 is 10.5 Å². The van der Waals surface area contributed by atoms with Crippen molar-refractivity contribution >= 4 is 15.7 Å². The number of nitrogens with one attached hydrogen (secondary N) is 1. The molecule has 0 saturated heterocycles. The number of hydrogen-bond acceptors (Lipinski definition) is 5. The third-order valence-electron chi connectivity index (χ3n) is 2.66. The number of aliphatic hydroxyl groups is 1. The van der Waals surface area contributed by atoms with Gasteiger partial charge in [0.2, 0.25) is 10.0 Å². The fourth-order valence-corrected chi connectivity index (χ4v) is 3.68. The molecule has 4 N–H and O–H groups in total. The van der Waals surface area contributed by atoms with Gasteiger partial charge in [0, 0.05) is 12.8 Å². The Labute approximate surface area is 113 Å². The van der Waals surface area contributed by atoms with Gasteiger partial charge in [-0.25, -0.2) is 13.1 Å². The molecule has 0 saturated carbocycles. The molecular weight excluding hydrogens is 268 g/mol. The highest BCUT2D eigenvalue weighted by Gasteiger charge is 2.23. The maximum absolute atomic E-state index is 12.3. The van der Waals surface area contributed by atoms with E-state index in [-0.39, 0.29) is 18.1 Å². The highest BCUT2D eigenvalue weighted by atomic mass is 32.2. The molecule has 0 aliphatic heterocycles. The third-order valence-corrected chi connectivity index (χ3v) is 4.49. The highest BCUT2D eigenvalue weighted by molar-refractivity contribution is 7.89. The number of nitrogens with two attached hydrogens (primary N) is 1. The Morgan fingerprint density at radius 2 is 1.89 bits per heavy atom. The zero-order chi connectivity index (χ0) is 14.6. The molecule has 0 spiro atoms. The number of nitrogen functional groups attached to an aromatic ring is 1. The molecule has 0 aliphatic rings. The van der Waals surface area contributed by atoms with Gasteiger partial charge in [-0.1, -0.05) is 0 Å². The van der Waals surface area contributed by atoms with Crippen LogP contribution in [0.5, 0.6) is 0 Å². The van der Waals surface area contributed by atoms with Crippen LogP contribution in [0.3, 0.4) is 0 Å². The van der Waals surface area contributed by atoms with Gasteiger partial charge in [0.25, 0.3) is 0 Å². The number of rotatable bonds is 6. The number of aryl methyl sites for hydroxylation is 2. The molecule has 1 atom stereocenters. The molecular formula is C12H20N2O4S. The standard InChI is InChI=1S/C12H20N2O4S/c1-8-4-10(13)5-9(2)12(8)19(16,17)14-11(6-15)7-18-3/h4-5,11,14-15H,6-7,13H2,1-3H3. The van der Waals surface area contributed by atoms with Gasteiger partial charge in [-0.2, -0.15) is 0 Å². The molecule has 0 aliphatic carbocycles. The molecule has 0 bridgehead atoms. The summed E-state index contributed by atoms with van der Waals surface area (Å²) in [5.74, 6) is 0. The van der Waals surface area contributed by atoms with E-state index >= 15 is 0 Å². The number of benzene rings is 1. The smallest absolute Gasteiger partial charge is 0.241 e. The number of ether oxygens (including phenoxy) is 1. The highest BCUT2D eigenvalue weighted by Crippen LogP contribution is 2.23. The van der Waals surface area contributed by atoms with E-state index in [9.17, 15) is 8.42 Å². The first-order valence-electron chi connectivity index (χ1n) is 5.80. The van der Waals surface area contributed by atoms with Crippen LogP contribution in [0.15, 0.2) is 17.0 Å². The molecule has 0 heterocycles. The minimum atomic E-state index is -3.72. The second-order valence-electron chi connectivity index (χ2n) is 4.44. The van der Waals surface area contributed by atoms with Crippen LogP contribution in [0.25, 0.3) is 0 Å². The predicted molar refractivity (Wildman–Crippen MR) is 73.4 cm³/mol. The van der Waals surface area contributed by atoms with Crippen molar-refractivity contribution in [3.05, 3.63) is 23.3 Å². The third kappa shape index (κ3) is 3.90. The number of methoxy groups -OCH3 is 1. The van der Waals surface area contributed by atoms with Gasteiger partial charge in [0.05, 0.1) is 24.2 Å². The Bertz CT molecular complexity index is 520. The largest absolute Gasteiger partial charge is 0.399 e. The second kappa shape index (κ2) is 6.33. The van der Waals surface area contributed by atoms with Crippen molar-refractivity contribution in [2.45, 2.75) is 24.8 Å². The minimum absolute atomic E-state index is 0.1000. The van der Waals surface area contributed by atoms with Gasteiger partial charge >= 0.3 is 0 Å². The molecule has 108 valence electrons. The molecule has 7 heteroatoms. The zero-order valence-corrected chi connectivity index (χ0v) is 12.1. The maximum Gasteiger partial charge on any atom is 0.241 e. The monoisotopic (exact) mass is 288 g/mol. The van der Waals surface area contributed by atoms with E-state index in [1.807, 2.05) is 0 Å². The molecule has 0 amide bonds. The van der Waals surface area contributed by atoms with Gasteiger partial charge in [0.15, 0.2) is 0 Å². The number of aliphatic hydroxyl groups excluding tert-OH is 1. The fraction of sp³-hybridized carbons (Fsp3) is 0.500. The lowest BCUT2D eigenvalue weighted by molar-refractivity contribution is 0.139. The fourth-order valence-electron chi connectivity index (χ4n) is 2.01. The van der Waals surface area contributed by atoms with E-state index in [0.29, 0.717) is 16.8 Å². The summed E-state index contributed by atoms with van der Waals surface area (Å²) in [6.45, 7) is 3.13. The lowest BCUT2D eigenvalue weighted by atomic mass is 10.1. The summed E-state index contributed by atoms with van der Waals surface area (Å²) in [7, 11) is -2.28. The van der Waals surface area contributed by atoms with E-state index in [0.717, 1.165) is 0 Å².